The van der Waals surface area contributed by atoms with E-state index in [1.165, 1.54) is 4.90 Å². The number of nitrogens with two attached hydrogens (primary N) is 1. The summed E-state index contributed by atoms with van der Waals surface area (Å²) >= 11 is 1.71. The average molecular weight is 266 g/mol. The van der Waals surface area contributed by atoms with Crippen LogP contribution < -0.4 is 5.73 Å². The number of carbonyl (C=O) groups excluding carboxylic acids is 1. The number of thioether (sulfide) groups is 1. The third-order valence-electron chi connectivity index (χ3n) is 3.01. The van der Waals surface area contributed by atoms with Gasteiger partial charge in [-0.1, -0.05) is 12.1 Å². The van der Waals surface area contributed by atoms with Gasteiger partial charge < -0.3 is 15.4 Å². The molecular weight excluding hydrogens is 248 g/mol. The third-order valence-corrected chi connectivity index (χ3v) is 3.76. The normalized spacial score (nSPS) is 20.2. The first-order chi connectivity index (χ1) is 8.72. The fourth-order valence-corrected chi connectivity index (χ4v) is 2.34. The second kappa shape index (κ2) is 6.22. The van der Waals surface area contributed by atoms with Crippen LogP contribution in [-0.4, -0.2) is 42.9 Å². The van der Waals surface area contributed by atoms with Gasteiger partial charge in [-0.15, -0.1) is 11.8 Å². The molecule has 98 valence electrons. The van der Waals surface area contributed by atoms with Crippen molar-refractivity contribution < 1.29 is 9.53 Å². The van der Waals surface area contributed by atoms with Gasteiger partial charge in [0.25, 0.3) is 0 Å². The van der Waals surface area contributed by atoms with Gasteiger partial charge in [-0.2, -0.15) is 0 Å². The summed E-state index contributed by atoms with van der Waals surface area (Å²) in [6.07, 6.45) is 2.01. The highest BCUT2D eigenvalue weighted by Gasteiger charge is 2.25. The van der Waals surface area contributed by atoms with E-state index in [2.05, 4.69) is 24.3 Å². The minimum absolute atomic E-state index is 0.0341. The number of hydrogen-bond donors (Lipinski definition) is 1. The van der Waals surface area contributed by atoms with Crippen molar-refractivity contribution >= 4 is 17.7 Å². The van der Waals surface area contributed by atoms with Crippen LogP contribution in [0.4, 0.5) is 0 Å². The molecule has 2 rings (SSSR count). The van der Waals surface area contributed by atoms with Crippen LogP contribution in [-0.2, 0) is 16.1 Å². The Morgan fingerprint density at radius 1 is 1.44 bits per heavy atom. The topological polar surface area (TPSA) is 55.6 Å². The van der Waals surface area contributed by atoms with E-state index in [1.54, 1.807) is 11.8 Å². The second-order valence-electron chi connectivity index (χ2n) is 4.29. The molecule has 0 aromatic heterocycles. The summed E-state index contributed by atoms with van der Waals surface area (Å²) in [5, 5.41) is 0. The Kier molecular flexibility index (Phi) is 4.63. The van der Waals surface area contributed by atoms with E-state index in [-0.39, 0.29) is 18.6 Å². The van der Waals surface area contributed by atoms with E-state index in [0.29, 0.717) is 19.6 Å². The van der Waals surface area contributed by atoms with Crippen molar-refractivity contribution in [3.63, 3.8) is 0 Å². The van der Waals surface area contributed by atoms with Crippen LogP contribution in [0.25, 0.3) is 0 Å². The van der Waals surface area contributed by atoms with Crippen molar-refractivity contribution in [3.05, 3.63) is 29.8 Å². The molecule has 0 radical (unpaired) electrons. The second-order valence-corrected chi connectivity index (χ2v) is 5.17. The summed E-state index contributed by atoms with van der Waals surface area (Å²) in [7, 11) is 0. The summed E-state index contributed by atoms with van der Waals surface area (Å²) in [4.78, 5) is 14.8. The van der Waals surface area contributed by atoms with E-state index < -0.39 is 0 Å². The van der Waals surface area contributed by atoms with Crippen molar-refractivity contribution in [3.8, 4) is 0 Å². The number of nitrogens with zero attached hydrogens (tertiary/aromatic N) is 1. The zero-order valence-corrected chi connectivity index (χ0v) is 11.3. The molecule has 1 atom stereocenters. The van der Waals surface area contributed by atoms with Crippen LogP contribution in [0, 0.1) is 0 Å². The van der Waals surface area contributed by atoms with Gasteiger partial charge in [-0.3, -0.25) is 4.79 Å². The Labute approximate surface area is 111 Å². The summed E-state index contributed by atoms with van der Waals surface area (Å²) in [6, 6.07) is 8.27. The summed E-state index contributed by atoms with van der Waals surface area (Å²) in [5.41, 5.74) is 6.71. The maximum atomic E-state index is 11.7. The van der Waals surface area contributed by atoms with Crippen LogP contribution >= 0.6 is 11.8 Å². The fraction of sp³-hybridized carbons (Fsp3) is 0.462. The molecule has 1 aromatic carbocycles. The summed E-state index contributed by atoms with van der Waals surface area (Å²) in [6.45, 7) is 1.81. The highest BCUT2D eigenvalue weighted by atomic mass is 32.2. The largest absolute Gasteiger partial charge is 0.365 e. The molecule has 1 amide bonds. The minimum atomic E-state index is -0.0341. The predicted octanol–water partition coefficient (Wildman–Crippen LogP) is 1.09. The Morgan fingerprint density at radius 2 is 2.17 bits per heavy atom. The van der Waals surface area contributed by atoms with Crippen LogP contribution in [0.15, 0.2) is 29.2 Å². The molecular formula is C13H18N2O2S. The highest BCUT2D eigenvalue weighted by molar-refractivity contribution is 7.98. The third kappa shape index (κ3) is 3.25. The molecule has 1 aliphatic heterocycles. The predicted molar refractivity (Wildman–Crippen MR) is 72.4 cm³/mol. The lowest BCUT2D eigenvalue weighted by molar-refractivity contribution is -0.149. The lowest BCUT2D eigenvalue weighted by Crippen LogP contribution is -2.48. The van der Waals surface area contributed by atoms with Crippen molar-refractivity contribution in [2.24, 2.45) is 5.73 Å². The molecule has 18 heavy (non-hydrogen) atoms. The van der Waals surface area contributed by atoms with Gasteiger partial charge >= 0.3 is 0 Å². The number of carbonyl (C=O) groups is 1. The molecule has 1 aromatic rings. The van der Waals surface area contributed by atoms with Crippen molar-refractivity contribution in [1.82, 2.24) is 4.90 Å². The highest BCUT2D eigenvalue weighted by Crippen LogP contribution is 2.17. The molecule has 0 bridgehead atoms. The van der Waals surface area contributed by atoms with Crippen LogP contribution in [0.1, 0.15) is 5.56 Å². The smallest absolute Gasteiger partial charge is 0.248 e. The van der Waals surface area contributed by atoms with Gasteiger partial charge in [-0.05, 0) is 24.0 Å². The quantitative estimate of drug-likeness (QED) is 0.829. The van der Waals surface area contributed by atoms with E-state index in [4.69, 9.17) is 10.5 Å². The molecule has 1 fully saturated rings. The number of rotatable bonds is 4. The maximum absolute atomic E-state index is 11.7. The molecule has 0 spiro atoms. The minimum Gasteiger partial charge on any atom is -0.365 e. The zero-order chi connectivity index (χ0) is 13.0. The van der Waals surface area contributed by atoms with Crippen molar-refractivity contribution in [2.45, 2.75) is 17.5 Å². The first kappa shape index (κ1) is 13.4. The molecule has 1 saturated heterocycles. The number of hydrogen-bond acceptors (Lipinski definition) is 4. The van der Waals surface area contributed by atoms with Crippen LogP contribution in [0.2, 0.25) is 0 Å². The summed E-state index contributed by atoms with van der Waals surface area (Å²) < 4.78 is 5.32. The van der Waals surface area contributed by atoms with E-state index >= 15 is 0 Å². The van der Waals surface area contributed by atoms with Crippen LogP contribution in [0.5, 0.6) is 0 Å². The Bertz CT molecular complexity index is 408. The number of amides is 1. The van der Waals surface area contributed by atoms with Gasteiger partial charge in [0.05, 0.1) is 6.10 Å². The average Bonchev–Trinajstić information content (AvgIpc) is 2.42. The molecule has 5 heteroatoms. The van der Waals surface area contributed by atoms with Crippen LogP contribution in [0.3, 0.4) is 0 Å². The Morgan fingerprint density at radius 3 is 2.78 bits per heavy atom. The van der Waals surface area contributed by atoms with Gasteiger partial charge in [-0.25, -0.2) is 0 Å². The van der Waals surface area contributed by atoms with Crippen molar-refractivity contribution in [1.29, 1.82) is 0 Å². The summed E-state index contributed by atoms with van der Waals surface area (Å²) in [5.74, 6) is 0.0358. The number of benzene rings is 1. The molecule has 1 aliphatic rings. The zero-order valence-electron chi connectivity index (χ0n) is 10.5. The molecule has 0 saturated carbocycles. The lowest BCUT2D eigenvalue weighted by Gasteiger charge is -2.32. The first-order valence-corrected chi connectivity index (χ1v) is 7.17. The van der Waals surface area contributed by atoms with Gasteiger partial charge in [0.2, 0.25) is 5.91 Å². The fourth-order valence-electron chi connectivity index (χ4n) is 1.93. The molecule has 1 heterocycles. The lowest BCUT2D eigenvalue weighted by atomic mass is 10.2. The molecule has 1 unspecified atom stereocenters. The van der Waals surface area contributed by atoms with Gasteiger partial charge in [0.1, 0.15) is 6.61 Å². The SMILES string of the molecule is CSc1ccc(CN2CC(CN)OCC2=O)cc1. The molecule has 0 aliphatic carbocycles. The van der Waals surface area contributed by atoms with Crippen molar-refractivity contribution in [2.75, 3.05) is 26.0 Å². The Balaban J connectivity index is 2.00. The van der Waals surface area contributed by atoms with E-state index in [1.807, 2.05) is 11.2 Å². The van der Waals surface area contributed by atoms with Gasteiger partial charge in [0.15, 0.2) is 0 Å². The molecule has 4 nitrogen and oxygen atoms in total. The monoisotopic (exact) mass is 266 g/mol. The number of ether oxygens (including phenoxy) is 1. The Hall–Kier alpha value is -1.04. The first-order valence-electron chi connectivity index (χ1n) is 5.95. The number of morpholine rings is 1. The van der Waals surface area contributed by atoms with E-state index in [0.717, 1.165) is 5.56 Å². The van der Waals surface area contributed by atoms with E-state index in [9.17, 15) is 4.79 Å². The molecule has 2 N–H and O–H groups in total. The standard InChI is InChI=1S/C13H18N2O2S/c1-18-12-4-2-10(3-5-12)7-15-8-11(6-14)17-9-13(15)16/h2-5,11H,6-9,14H2,1H3. The maximum Gasteiger partial charge on any atom is 0.248 e. The van der Waals surface area contributed by atoms with Gasteiger partial charge in [0, 0.05) is 24.5 Å².